The first kappa shape index (κ1) is 12.0. The van der Waals surface area contributed by atoms with Gasteiger partial charge in [-0.3, -0.25) is 0 Å². The first-order valence-corrected chi connectivity index (χ1v) is 4.99. The van der Waals surface area contributed by atoms with E-state index in [0.29, 0.717) is 23.3 Å². The van der Waals surface area contributed by atoms with Crippen molar-refractivity contribution in [3.63, 3.8) is 0 Å². The van der Waals surface area contributed by atoms with Crippen molar-refractivity contribution in [2.24, 2.45) is 23.0 Å². The Hall–Kier alpha value is -0.0400. The summed E-state index contributed by atoms with van der Waals surface area (Å²) in [6.45, 7) is 13.5. The van der Waals surface area contributed by atoms with Crippen LogP contribution in [0, 0.1) is 17.3 Å². The minimum Gasteiger partial charge on any atom is -0.327 e. The van der Waals surface area contributed by atoms with E-state index in [2.05, 4.69) is 41.5 Å². The second-order valence-corrected chi connectivity index (χ2v) is 5.53. The molecule has 0 aromatic carbocycles. The van der Waals surface area contributed by atoms with Gasteiger partial charge in [-0.15, -0.1) is 0 Å². The molecule has 0 heterocycles. The topological polar surface area (TPSA) is 26.0 Å². The standard InChI is InChI=1S/C11H25N/c1-8(2)9(3)10(12)7-11(4,5)6/h8-10H,7,12H2,1-6H3/t9-,10+/m1/s1. The van der Waals surface area contributed by atoms with Crippen molar-refractivity contribution in [3.8, 4) is 0 Å². The number of rotatable bonds is 3. The predicted octanol–water partition coefficient (Wildman–Crippen LogP) is 3.04. The summed E-state index contributed by atoms with van der Waals surface area (Å²) in [6, 6.07) is 0.352. The molecule has 0 amide bonds. The van der Waals surface area contributed by atoms with Crippen LogP contribution in [-0.2, 0) is 0 Å². The molecule has 0 aliphatic carbocycles. The van der Waals surface area contributed by atoms with E-state index in [4.69, 9.17) is 5.73 Å². The fourth-order valence-corrected chi connectivity index (χ4v) is 1.39. The maximum absolute atomic E-state index is 6.10. The number of hydrogen-bond acceptors (Lipinski definition) is 1. The fourth-order valence-electron chi connectivity index (χ4n) is 1.39. The lowest BCUT2D eigenvalue weighted by Crippen LogP contribution is -2.35. The molecule has 2 N–H and O–H groups in total. The third kappa shape index (κ3) is 4.76. The molecule has 0 fully saturated rings. The van der Waals surface area contributed by atoms with Crippen LogP contribution in [-0.4, -0.2) is 6.04 Å². The summed E-state index contributed by atoms with van der Waals surface area (Å²) in [4.78, 5) is 0. The van der Waals surface area contributed by atoms with Crippen molar-refractivity contribution < 1.29 is 0 Å². The van der Waals surface area contributed by atoms with Crippen molar-refractivity contribution in [2.45, 2.75) is 54.0 Å². The van der Waals surface area contributed by atoms with Gasteiger partial charge in [-0.05, 0) is 23.7 Å². The molecule has 1 nitrogen and oxygen atoms in total. The molecule has 1 heteroatoms. The SMILES string of the molecule is CC(C)[C@@H](C)[C@@H](N)CC(C)(C)C. The van der Waals surface area contributed by atoms with Gasteiger partial charge in [0.15, 0.2) is 0 Å². The lowest BCUT2D eigenvalue weighted by molar-refractivity contribution is 0.255. The molecular formula is C11H25N. The van der Waals surface area contributed by atoms with Crippen LogP contribution in [0.4, 0.5) is 0 Å². The van der Waals surface area contributed by atoms with E-state index in [0.717, 1.165) is 6.42 Å². The van der Waals surface area contributed by atoms with Crippen molar-refractivity contribution in [1.29, 1.82) is 0 Å². The molecule has 0 saturated carbocycles. The first-order valence-electron chi connectivity index (χ1n) is 4.99. The minimum absolute atomic E-state index is 0.352. The van der Waals surface area contributed by atoms with Gasteiger partial charge in [0.25, 0.3) is 0 Å². The quantitative estimate of drug-likeness (QED) is 0.694. The highest BCUT2D eigenvalue weighted by Gasteiger charge is 2.21. The molecule has 0 bridgehead atoms. The summed E-state index contributed by atoms with van der Waals surface area (Å²) in [5.74, 6) is 1.33. The third-order valence-corrected chi connectivity index (χ3v) is 2.57. The van der Waals surface area contributed by atoms with Crippen LogP contribution in [0.15, 0.2) is 0 Å². The van der Waals surface area contributed by atoms with E-state index in [1.807, 2.05) is 0 Å². The lowest BCUT2D eigenvalue weighted by Gasteiger charge is -2.29. The molecule has 0 aromatic rings. The number of nitrogens with two attached hydrogens (primary N) is 1. The molecular weight excluding hydrogens is 146 g/mol. The Morgan fingerprint density at radius 1 is 1.08 bits per heavy atom. The highest BCUT2D eigenvalue weighted by Crippen LogP contribution is 2.25. The van der Waals surface area contributed by atoms with Gasteiger partial charge in [-0.1, -0.05) is 41.5 Å². The number of hydrogen-bond donors (Lipinski definition) is 1. The molecule has 0 aliphatic rings. The molecule has 12 heavy (non-hydrogen) atoms. The van der Waals surface area contributed by atoms with Crippen LogP contribution >= 0.6 is 0 Å². The zero-order valence-electron chi connectivity index (χ0n) is 9.52. The summed E-state index contributed by atoms with van der Waals surface area (Å²) in [6.07, 6.45) is 1.12. The van der Waals surface area contributed by atoms with Crippen LogP contribution < -0.4 is 5.73 Å². The van der Waals surface area contributed by atoms with Gasteiger partial charge in [0.05, 0.1) is 0 Å². The van der Waals surface area contributed by atoms with Gasteiger partial charge in [0.1, 0.15) is 0 Å². The summed E-state index contributed by atoms with van der Waals surface area (Å²) in [7, 11) is 0. The Labute approximate surface area is 77.7 Å². The lowest BCUT2D eigenvalue weighted by atomic mass is 9.80. The second-order valence-electron chi connectivity index (χ2n) is 5.53. The predicted molar refractivity (Wildman–Crippen MR) is 56.0 cm³/mol. The van der Waals surface area contributed by atoms with E-state index >= 15 is 0 Å². The first-order chi connectivity index (χ1) is 5.24. The third-order valence-electron chi connectivity index (χ3n) is 2.57. The molecule has 0 rings (SSSR count). The zero-order valence-corrected chi connectivity index (χ0v) is 9.52. The van der Waals surface area contributed by atoms with Crippen molar-refractivity contribution in [1.82, 2.24) is 0 Å². The summed E-state index contributed by atoms with van der Waals surface area (Å²) >= 11 is 0. The Bertz CT molecular complexity index is 121. The molecule has 0 unspecified atom stereocenters. The molecule has 0 radical (unpaired) electrons. The van der Waals surface area contributed by atoms with Crippen molar-refractivity contribution >= 4 is 0 Å². The van der Waals surface area contributed by atoms with Gasteiger partial charge in [-0.2, -0.15) is 0 Å². The van der Waals surface area contributed by atoms with Crippen LogP contribution in [0.1, 0.15) is 48.0 Å². The Morgan fingerprint density at radius 3 is 1.75 bits per heavy atom. The molecule has 74 valence electrons. The average Bonchev–Trinajstić information content (AvgIpc) is 1.82. The smallest absolute Gasteiger partial charge is 0.00719 e. The molecule has 0 saturated heterocycles. The van der Waals surface area contributed by atoms with E-state index in [9.17, 15) is 0 Å². The van der Waals surface area contributed by atoms with Crippen molar-refractivity contribution in [2.75, 3.05) is 0 Å². The molecule has 0 spiro atoms. The minimum atomic E-state index is 0.352. The van der Waals surface area contributed by atoms with Crippen LogP contribution in [0.25, 0.3) is 0 Å². The van der Waals surface area contributed by atoms with Crippen LogP contribution in [0.2, 0.25) is 0 Å². The van der Waals surface area contributed by atoms with Gasteiger partial charge in [0, 0.05) is 6.04 Å². The van der Waals surface area contributed by atoms with E-state index in [1.165, 1.54) is 0 Å². The maximum atomic E-state index is 6.10. The van der Waals surface area contributed by atoms with Gasteiger partial charge in [0.2, 0.25) is 0 Å². The van der Waals surface area contributed by atoms with Crippen LogP contribution in [0.5, 0.6) is 0 Å². The molecule has 0 aliphatic heterocycles. The van der Waals surface area contributed by atoms with Gasteiger partial charge in [-0.25, -0.2) is 0 Å². The van der Waals surface area contributed by atoms with Crippen LogP contribution in [0.3, 0.4) is 0 Å². The summed E-state index contributed by atoms with van der Waals surface area (Å²) < 4.78 is 0. The fraction of sp³-hybridized carbons (Fsp3) is 1.00. The summed E-state index contributed by atoms with van der Waals surface area (Å²) in [5.41, 5.74) is 6.47. The largest absolute Gasteiger partial charge is 0.327 e. The Morgan fingerprint density at radius 2 is 1.50 bits per heavy atom. The van der Waals surface area contributed by atoms with E-state index < -0.39 is 0 Å². The molecule has 0 aromatic heterocycles. The van der Waals surface area contributed by atoms with E-state index in [-0.39, 0.29) is 0 Å². The second kappa shape index (κ2) is 4.27. The highest BCUT2D eigenvalue weighted by molar-refractivity contribution is 4.77. The van der Waals surface area contributed by atoms with Gasteiger partial charge < -0.3 is 5.73 Å². The highest BCUT2D eigenvalue weighted by atomic mass is 14.7. The normalized spacial score (nSPS) is 18.0. The van der Waals surface area contributed by atoms with Crippen molar-refractivity contribution in [3.05, 3.63) is 0 Å². The Kier molecular flexibility index (Phi) is 4.25. The average molecular weight is 171 g/mol. The maximum Gasteiger partial charge on any atom is 0.00719 e. The van der Waals surface area contributed by atoms with E-state index in [1.54, 1.807) is 0 Å². The monoisotopic (exact) mass is 171 g/mol. The molecule has 2 atom stereocenters. The van der Waals surface area contributed by atoms with Gasteiger partial charge >= 0.3 is 0 Å². The summed E-state index contributed by atoms with van der Waals surface area (Å²) in [5, 5.41) is 0. The Balaban J connectivity index is 3.95. The zero-order chi connectivity index (χ0) is 9.94.